The zero-order valence-electron chi connectivity index (χ0n) is 10.5. The summed E-state index contributed by atoms with van der Waals surface area (Å²) in [5.74, 6) is -0.706. The van der Waals surface area contributed by atoms with E-state index in [0.29, 0.717) is 12.2 Å². The van der Waals surface area contributed by atoms with Crippen LogP contribution >= 0.6 is 0 Å². The molecule has 0 bridgehead atoms. The Labute approximate surface area is 109 Å². The first-order valence-electron chi connectivity index (χ1n) is 6.20. The van der Waals surface area contributed by atoms with Gasteiger partial charge in [-0.25, -0.2) is 0 Å². The molecule has 2 atom stereocenters. The molecule has 0 fully saturated rings. The summed E-state index contributed by atoms with van der Waals surface area (Å²) in [6, 6.07) is 5.62. The van der Waals surface area contributed by atoms with Gasteiger partial charge in [-0.05, 0) is 12.5 Å². The monoisotopic (exact) mass is 261 g/mol. The van der Waals surface area contributed by atoms with E-state index in [9.17, 15) is 9.90 Å². The van der Waals surface area contributed by atoms with Crippen molar-refractivity contribution in [2.24, 2.45) is 5.92 Å². The van der Waals surface area contributed by atoms with Crippen molar-refractivity contribution in [1.29, 1.82) is 0 Å². The van der Waals surface area contributed by atoms with Gasteiger partial charge in [-0.3, -0.25) is 4.79 Å². The van der Waals surface area contributed by atoms with Crippen LogP contribution in [0.15, 0.2) is 18.2 Å². The van der Waals surface area contributed by atoms with E-state index in [4.69, 9.17) is 9.84 Å². The minimum atomic E-state index is -0.865. The maximum Gasteiger partial charge on any atom is 0.306 e. The third kappa shape index (κ3) is 1.77. The summed E-state index contributed by atoms with van der Waals surface area (Å²) < 4.78 is 5.29. The summed E-state index contributed by atoms with van der Waals surface area (Å²) in [4.78, 5) is 14.3. The largest absolute Gasteiger partial charge is 0.495 e. The lowest BCUT2D eigenvalue weighted by molar-refractivity contribution is -0.143. The molecular weight excluding hydrogens is 246 g/mol. The highest BCUT2D eigenvalue weighted by Gasteiger charge is 2.33. The van der Waals surface area contributed by atoms with Crippen molar-refractivity contribution >= 4 is 16.9 Å². The molecule has 0 radical (unpaired) electrons. The molecule has 1 aliphatic carbocycles. The second kappa shape index (κ2) is 4.28. The van der Waals surface area contributed by atoms with Crippen LogP contribution in [0.25, 0.3) is 10.9 Å². The third-order valence-corrected chi connectivity index (χ3v) is 3.78. The quantitative estimate of drug-likeness (QED) is 0.770. The summed E-state index contributed by atoms with van der Waals surface area (Å²) in [5, 5.41) is 20.2. The molecule has 1 aromatic carbocycles. The number of ether oxygens (including phenoxy) is 1. The Hall–Kier alpha value is -2.01. The number of aliphatic carboxylic acids is 1. The van der Waals surface area contributed by atoms with Crippen molar-refractivity contribution in [1.82, 2.24) is 4.98 Å². The Balaban J connectivity index is 2.18. The third-order valence-electron chi connectivity index (χ3n) is 3.78. The SMILES string of the molecule is COc1cccc2c3c([nH]c12)CC(C(=O)O)CC3O. The average molecular weight is 261 g/mol. The van der Waals surface area contributed by atoms with Crippen LogP contribution in [-0.2, 0) is 11.2 Å². The number of H-pyrrole nitrogens is 1. The molecule has 0 spiro atoms. The minimum Gasteiger partial charge on any atom is -0.495 e. The molecule has 0 amide bonds. The predicted octanol–water partition coefficient (Wildman–Crippen LogP) is 1.86. The lowest BCUT2D eigenvalue weighted by Crippen LogP contribution is -2.24. The van der Waals surface area contributed by atoms with E-state index in [1.54, 1.807) is 7.11 Å². The molecule has 5 heteroatoms. The number of hydrogen-bond donors (Lipinski definition) is 3. The van der Waals surface area contributed by atoms with Gasteiger partial charge in [0.25, 0.3) is 0 Å². The Morgan fingerprint density at radius 2 is 2.26 bits per heavy atom. The van der Waals surface area contributed by atoms with Crippen LogP contribution in [0.1, 0.15) is 23.8 Å². The number of hydrogen-bond acceptors (Lipinski definition) is 3. The van der Waals surface area contributed by atoms with Crippen LogP contribution in [0.3, 0.4) is 0 Å². The molecule has 19 heavy (non-hydrogen) atoms. The van der Waals surface area contributed by atoms with E-state index in [1.807, 2.05) is 18.2 Å². The van der Waals surface area contributed by atoms with Gasteiger partial charge in [-0.15, -0.1) is 0 Å². The lowest BCUT2D eigenvalue weighted by Gasteiger charge is -2.23. The van der Waals surface area contributed by atoms with Gasteiger partial charge in [0.05, 0.1) is 24.6 Å². The fourth-order valence-electron chi connectivity index (χ4n) is 2.88. The summed E-state index contributed by atoms with van der Waals surface area (Å²) in [5.41, 5.74) is 2.43. The summed E-state index contributed by atoms with van der Waals surface area (Å²) >= 11 is 0. The van der Waals surface area contributed by atoms with Crippen LogP contribution in [0.4, 0.5) is 0 Å². The van der Waals surface area contributed by atoms with Crippen molar-refractivity contribution in [3.8, 4) is 5.75 Å². The van der Waals surface area contributed by atoms with Crippen molar-refractivity contribution in [2.45, 2.75) is 18.9 Å². The number of benzene rings is 1. The van der Waals surface area contributed by atoms with Gasteiger partial charge in [0.1, 0.15) is 5.75 Å². The van der Waals surface area contributed by atoms with E-state index >= 15 is 0 Å². The topological polar surface area (TPSA) is 82.6 Å². The summed E-state index contributed by atoms with van der Waals surface area (Å²) in [6.07, 6.45) is -0.0720. The summed E-state index contributed by atoms with van der Waals surface area (Å²) in [6.45, 7) is 0. The number of aliphatic hydroxyl groups is 1. The van der Waals surface area contributed by atoms with Gasteiger partial charge < -0.3 is 19.9 Å². The number of rotatable bonds is 2. The van der Waals surface area contributed by atoms with E-state index in [0.717, 1.165) is 22.2 Å². The fourth-order valence-corrected chi connectivity index (χ4v) is 2.88. The first kappa shape index (κ1) is 12.0. The normalized spacial score (nSPS) is 22.2. The second-order valence-electron chi connectivity index (χ2n) is 4.89. The zero-order chi connectivity index (χ0) is 13.6. The number of fused-ring (bicyclic) bond motifs is 3. The highest BCUT2D eigenvalue weighted by atomic mass is 16.5. The van der Waals surface area contributed by atoms with Gasteiger partial charge in [0.2, 0.25) is 0 Å². The van der Waals surface area contributed by atoms with Gasteiger partial charge in [-0.2, -0.15) is 0 Å². The van der Waals surface area contributed by atoms with Crippen molar-refractivity contribution in [3.05, 3.63) is 29.5 Å². The molecule has 5 nitrogen and oxygen atoms in total. The Morgan fingerprint density at radius 1 is 1.47 bits per heavy atom. The predicted molar refractivity (Wildman–Crippen MR) is 69.3 cm³/mol. The van der Waals surface area contributed by atoms with Gasteiger partial charge in [-0.1, -0.05) is 12.1 Å². The fraction of sp³-hybridized carbons (Fsp3) is 0.357. The lowest BCUT2D eigenvalue weighted by atomic mass is 9.85. The molecule has 0 aliphatic heterocycles. The van der Waals surface area contributed by atoms with Crippen LogP contribution in [0, 0.1) is 5.92 Å². The number of aromatic amines is 1. The summed E-state index contributed by atoms with van der Waals surface area (Å²) in [7, 11) is 1.59. The molecular formula is C14H15NO4. The van der Waals surface area contributed by atoms with Crippen molar-refractivity contribution in [3.63, 3.8) is 0 Å². The molecule has 2 aromatic rings. The molecule has 1 aromatic heterocycles. The zero-order valence-corrected chi connectivity index (χ0v) is 10.5. The highest BCUT2D eigenvalue weighted by Crippen LogP contribution is 2.40. The number of carbonyl (C=O) groups is 1. The Kier molecular flexibility index (Phi) is 2.71. The number of methoxy groups -OCH3 is 1. The maximum absolute atomic E-state index is 11.1. The van der Waals surface area contributed by atoms with E-state index in [2.05, 4.69) is 4.98 Å². The molecule has 1 aliphatic rings. The Bertz CT molecular complexity index is 646. The van der Waals surface area contributed by atoms with Crippen molar-refractivity contribution < 1.29 is 19.7 Å². The first-order valence-corrected chi connectivity index (χ1v) is 6.20. The highest BCUT2D eigenvalue weighted by molar-refractivity contribution is 5.90. The maximum atomic E-state index is 11.1. The Morgan fingerprint density at radius 3 is 2.95 bits per heavy atom. The van der Waals surface area contributed by atoms with Gasteiger partial charge in [0, 0.05) is 23.1 Å². The van der Waals surface area contributed by atoms with Crippen molar-refractivity contribution in [2.75, 3.05) is 7.11 Å². The number of aromatic nitrogens is 1. The van der Waals surface area contributed by atoms with Gasteiger partial charge >= 0.3 is 5.97 Å². The van der Waals surface area contributed by atoms with E-state index in [-0.39, 0.29) is 6.42 Å². The molecule has 1 heterocycles. The molecule has 3 N–H and O–H groups in total. The van der Waals surface area contributed by atoms with Crippen LogP contribution in [0.2, 0.25) is 0 Å². The first-order chi connectivity index (χ1) is 9.11. The van der Waals surface area contributed by atoms with Crippen LogP contribution < -0.4 is 4.74 Å². The molecule has 0 saturated heterocycles. The minimum absolute atomic E-state index is 0.256. The standard InChI is InChI=1S/C14H15NO4/c1-19-11-4-2-3-8-12-9(15-13(8)11)5-7(14(17)18)6-10(12)16/h2-4,7,10,15-16H,5-6H2,1H3,(H,17,18). The number of nitrogens with one attached hydrogen (secondary N) is 1. The molecule has 3 rings (SSSR count). The van der Waals surface area contributed by atoms with Gasteiger partial charge in [0.15, 0.2) is 0 Å². The van der Waals surface area contributed by atoms with E-state index in [1.165, 1.54) is 0 Å². The molecule has 2 unspecified atom stereocenters. The number of carboxylic acids is 1. The van der Waals surface area contributed by atoms with E-state index < -0.39 is 18.0 Å². The average Bonchev–Trinajstić information content (AvgIpc) is 2.77. The van der Waals surface area contributed by atoms with Crippen LogP contribution in [0.5, 0.6) is 5.75 Å². The number of para-hydroxylation sites is 1. The number of aliphatic hydroxyl groups excluding tert-OH is 1. The second-order valence-corrected chi connectivity index (χ2v) is 4.89. The van der Waals surface area contributed by atoms with Crippen LogP contribution in [-0.4, -0.2) is 28.3 Å². The smallest absolute Gasteiger partial charge is 0.306 e. The number of carboxylic acid groups (broad SMARTS) is 1. The molecule has 0 saturated carbocycles. The molecule has 100 valence electrons.